The van der Waals surface area contributed by atoms with Crippen molar-refractivity contribution in [3.05, 3.63) is 47.2 Å². The molecule has 1 aromatic rings. The predicted octanol–water partition coefficient (Wildman–Crippen LogP) is 3.87. The molecular formula is C19H24O6. The molecule has 1 saturated carbocycles. The van der Waals surface area contributed by atoms with Crippen molar-refractivity contribution in [2.45, 2.75) is 51.6 Å². The Morgan fingerprint density at radius 3 is 2.12 bits per heavy atom. The summed E-state index contributed by atoms with van der Waals surface area (Å²) in [5, 5.41) is 19.0. The quantitative estimate of drug-likeness (QED) is 0.336. The largest absolute Gasteiger partial charge is 0.478 e. The fourth-order valence-corrected chi connectivity index (χ4v) is 3.08. The Morgan fingerprint density at radius 1 is 1.00 bits per heavy atom. The highest BCUT2D eigenvalue weighted by molar-refractivity contribution is 5.97. The molecule has 136 valence electrons. The van der Waals surface area contributed by atoms with Crippen LogP contribution in [0.2, 0.25) is 0 Å². The van der Waals surface area contributed by atoms with E-state index in [2.05, 4.69) is 0 Å². The maximum Gasteiger partial charge on any atom is 0.375 e. The van der Waals surface area contributed by atoms with E-state index in [0.29, 0.717) is 12.8 Å². The first-order valence-electron chi connectivity index (χ1n) is 8.45. The highest BCUT2D eigenvalue weighted by atomic mass is 17.2. The van der Waals surface area contributed by atoms with E-state index in [1.807, 2.05) is 30.3 Å². The number of rotatable bonds is 7. The minimum absolute atomic E-state index is 0.212. The van der Waals surface area contributed by atoms with Crippen LogP contribution in [0.1, 0.15) is 51.5 Å². The fraction of sp³-hybridized carbons (Fsp3) is 0.474. The van der Waals surface area contributed by atoms with Crippen LogP contribution in [0.3, 0.4) is 0 Å². The van der Waals surface area contributed by atoms with Crippen molar-refractivity contribution >= 4 is 11.9 Å². The van der Waals surface area contributed by atoms with E-state index in [0.717, 1.165) is 24.8 Å². The van der Waals surface area contributed by atoms with Gasteiger partial charge in [0, 0.05) is 0 Å². The Morgan fingerprint density at radius 2 is 1.60 bits per heavy atom. The van der Waals surface area contributed by atoms with Gasteiger partial charge in [0.15, 0.2) is 0 Å². The fourth-order valence-electron chi connectivity index (χ4n) is 3.08. The Kier molecular flexibility index (Phi) is 6.20. The van der Waals surface area contributed by atoms with Gasteiger partial charge in [-0.15, -0.1) is 0 Å². The Balaban J connectivity index is 2.26. The second kappa shape index (κ2) is 8.16. The minimum Gasteiger partial charge on any atom is -0.478 e. The van der Waals surface area contributed by atoms with Crippen LogP contribution in [0.15, 0.2) is 41.7 Å². The van der Waals surface area contributed by atoms with Crippen molar-refractivity contribution in [2.24, 2.45) is 5.92 Å². The summed E-state index contributed by atoms with van der Waals surface area (Å²) in [5.74, 6) is -3.68. The molecule has 0 aromatic heterocycles. The van der Waals surface area contributed by atoms with E-state index in [-0.39, 0.29) is 11.5 Å². The number of carboxylic acids is 2. The third kappa shape index (κ3) is 4.82. The van der Waals surface area contributed by atoms with E-state index in [1.54, 1.807) is 13.8 Å². The summed E-state index contributed by atoms with van der Waals surface area (Å²) in [7, 11) is 0. The Labute approximate surface area is 147 Å². The molecule has 1 fully saturated rings. The van der Waals surface area contributed by atoms with Crippen molar-refractivity contribution in [3.63, 3.8) is 0 Å². The highest BCUT2D eigenvalue weighted by Gasteiger charge is 2.33. The molecule has 1 aliphatic carbocycles. The number of hydrogen-bond donors (Lipinski definition) is 2. The van der Waals surface area contributed by atoms with Crippen LogP contribution >= 0.6 is 0 Å². The summed E-state index contributed by atoms with van der Waals surface area (Å²) in [6.45, 7) is 3.45. The van der Waals surface area contributed by atoms with Crippen LogP contribution in [-0.2, 0) is 25.0 Å². The van der Waals surface area contributed by atoms with Crippen LogP contribution in [0, 0.1) is 5.92 Å². The zero-order chi connectivity index (χ0) is 18.4. The topological polar surface area (TPSA) is 93.1 Å². The van der Waals surface area contributed by atoms with Crippen molar-refractivity contribution in [1.29, 1.82) is 0 Å². The first-order chi connectivity index (χ1) is 11.8. The molecule has 25 heavy (non-hydrogen) atoms. The molecule has 0 unspecified atom stereocenters. The summed E-state index contributed by atoms with van der Waals surface area (Å²) in [5.41, 5.74) is -0.358. The second-order valence-corrected chi connectivity index (χ2v) is 6.73. The summed E-state index contributed by atoms with van der Waals surface area (Å²) < 4.78 is 0. The molecule has 1 aliphatic rings. The molecule has 2 N–H and O–H groups in total. The number of carboxylic acid groups (broad SMARTS) is 2. The number of carbonyl (C=O) groups is 2. The molecule has 6 heteroatoms. The molecular weight excluding hydrogens is 324 g/mol. The lowest BCUT2D eigenvalue weighted by molar-refractivity contribution is -0.331. The SMILES string of the molecule is CC(C)(OOC(C(=O)O)=C(C(=O)O)C1CCCCC1)c1ccccc1. The lowest BCUT2D eigenvalue weighted by atomic mass is 9.83. The van der Waals surface area contributed by atoms with Crippen molar-refractivity contribution in [1.82, 2.24) is 0 Å². The summed E-state index contributed by atoms with van der Waals surface area (Å²) in [4.78, 5) is 33.8. The molecule has 1 aromatic carbocycles. The first-order valence-corrected chi connectivity index (χ1v) is 8.45. The zero-order valence-corrected chi connectivity index (χ0v) is 14.5. The Hall–Kier alpha value is -2.34. The van der Waals surface area contributed by atoms with Gasteiger partial charge < -0.3 is 15.1 Å². The molecule has 6 nitrogen and oxygen atoms in total. The predicted molar refractivity (Wildman–Crippen MR) is 90.5 cm³/mol. The van der Waals surface area contributed by atoms with E-state index >= 15 is 0 Å². The Bertz CT molecular complexity index is 641. The summed E-state index contributed by atoms with van der Waals surface area (Å²) in [6.07, 6.45) is 4.08. The normalized spacial score (nSPS) is 16.9. The van der Waals surface area contributed by atoms with E-state index in [1.165, 1.54) is 0 Å². The van der Waals surface area contributed by atoms with Crippen LogP contribution < -0.4 is 0 Å². The van der Waals surface area contributed by atoms with Gasteiger partial charge in [-0.2, -0.15) is 4.89 Å². The van der Waals surface area contributed by atoms with Crippen LogP contribution in [0.4, 0.5) is 0 Å². The van der Waals surface area contributed by atoms with E-state index < -0.39 is 23.3 Å². The van der Waals surface area contributed by atoms with Gasteiger partial charge in [0.2, 0.25) is 0 Å². The molecule has 0 amide bonds. The zero-order valence-electron chi connectivity index (χ0n) is 14.5. The first kappa shape index (κ1) is 19.0. The van der Waals surface area contributed by atoms with Crippen molar-refractivity contribution < 1.29 is 29.6 Å². The molecule has 0 saturated heterocycles. The van der Waals surface area contributed by atoms with Gasteiger partial charge in [0.1, 0.15) is 5.60 Å². The summed E-state index contributed by atoms with van der Waals surface area (Å²) >= 11 is 0. The molecule has 2 rings (SSSR count). The van der Waals surface area contributed by atoms with Crippen LogP contribution in [0.25, 0.3) is 0 Å². The number of aliphatic carboxylic acids is 2. The van der Waals surface area contributed by atoms with Gasteiger partial charge >= 0.3 is 11.9 Å². The lowest BCUT2D eigenvalue weighted by Gasteiger charge is -2.26. The monoisotopic (exact) mass is 348 g/mol. The third-order valence-electron chi connectivity index (χ3n) is 4.49. The molecule has 0 atom stereocenters. The molecule has 0 bridgehead atoms. The highest BCUT2D eigenvalue weighted by Crippen LogP contribution is 2.33. The number of hydrogen-bond acceptors (Lipinski definition) is 4. The van der Waals surface area contributed by atoms with Gasteiger partial charge in [-0.3, -0.25) is 0 Å². The van der Waals surface area contributed by atoms with E-state index in [4.69, 9.17) is 9.78 Å². The van der Waals surface area contributed by atoms with Gasteiger partial charge in [0.05, 0.1) is 5.57 Å². The molecule has 0 heterocycles. The van der Waals surface area contributed by atoms with Crippen molar-refractivity contribution in [2.75, 3.05) is 0 Å². The van der Waals surface area contributed by atoms with Crippen LogP contribution in [0.5, 0.6) is 0 Å². The third-order valence-corrected chi connectivity index (χ3v) is 4.49. The molecule has 0 aliphatic heterocycles. The maximum absolute atomic E-state index is 11.7. The van der Waals surface area contributed by atoms with Gasteiger partial charge in [-0.1, -0.05) is 49.6 Å². The van der Waals surface area contributed by atoms with Gasteiger partial charge in [-0.05, 0) is 38.2 Å². The van der Waals surface area contributed by atoms with Gasteiger partial charge in [-0.25, -0.2) is 9.59 Å². The summed E-state index contributed by atoms with van der Waals surface area (Å²) in [6, 6.07) is 9.17. The van der Waals surface area contributed by atoms with Crippen molar-refractivity contribution in [3.8, 4) is 0 Å². The number of benzene rings is 1. The van der Waals surface area contributed by atoms with Gasteiger partial charge in [0.25, 0.3) is 5.76 Å². The smallest absolute Gasteiger partial charge is 0.375 e. The van der Waals surface area contributed by atoms with Crippen LogP contribution in [-0.4, -0.2) is 22.2 Å². The molecule has 0 spiro atoms. The average molecular weight is 348 g/mol. The minimum atomic E-state index is -1.44. The lowest BCUT2D eigenvalue weighted by Crippen LogP contribution is -2.26. The maximum atomic E-state index is 11.7. The standard InChI is InChI=1S/C19H24O6/c1-19(2,14-11-7-4-8-12-14)25-24-16(18(22)23)15(17(20)21)13-9-5-3-6-10-13/h4,7-8,11-13H,3,5-6,9-10H2,1-2H3,(H,20,21)(H,22,23). The van der Waals surface area contributed by atoms with E-state index in [9.17, 15) is 19.8 Å². The molecule has 0 radical (unpaired) electrons. The second-order valence-electron chi connectivity index (χ2n) is 6.73. The average Bonchev–Trinajstić information content (AvgIpc) is 2.59.